The van der Waals surface area contributed by atoms with Gasteiger partial charge in [0, 0.05) is 56.5 Å². The number of hydrogen-bond donors (Lipinski definition) is 5. The van der Waals surface area contributed by atoms with Crippen LogP contribution < -0.4 is 21.9 Å². The SMILES string of the molecule is Cc1ccnc(-c2cc(CCCC(=O)NCCNC(=O)CCc3cn([C@H]4CC(O)[C@@H](CO)O4)c(=O)[nH]c3=O)ccn2)c1.O.[CH3-].[Cu+]. The van der Waals surface area contributed by atoms with Gasteiger partial charge < -0.3 is 38.5 Å². The number of aromatic nitrogens is 4. The van der Waals surface area contributed by atoms with E-state index in [0.29, 0.717) is 19.3 Å². The summed E-state index contributed by atoms with van der Waals surface area (Å²) in [5.74, 6) is -0.429. The molecule has 0 bridgehead atoms. The van der Waals surface area contributed by atoms with Crippen molar-refractivity contribution >= 4 is 11.8 Å². The molecular formula is C30H41CuN6O8. The average Bonchev–Trinajstić information content (AvgIpc) is 3.35. The molecule has 7 N–H and O–H groups in total. The van der Waals surface area contributed by atoms with Gasteiger partial charge in [-0.3, -0.25) is 33.9 Å². The topological polar surface area (TPSA) is 220 Å². The van der Waals surface area contributed by atoms with Gasteiger partial charge >= 0.3 is 22.8 Å². The quantitative estimate of drug-likeness (QED) is 0.0914. The molecule has 15 heteroatoms. The van der Waals surface area contributed by atoms with Gasteiger partial charge in [-0.1, -0.05) is 0 Å². The van der Waals surface area contributed by atoms with Gasteiger partial charge in [-0.15, -0.1) is 0 Å². The third-order valence-electron chi connectivity index (χ3n) is 7.00. The molecule has 0 aliphatic carbocycles. The maximum Gasteiger partial charge on any atom is 1.00 e. The minimum absolute atomic E-state index is 0. The molecule has 1 aliphatic heterocycles. The van der Waals surface area contributed by atoms with Crippen molar-refractivity contribution in [2.24, 2.45) is 0 Å². The summed E-state index contributed by atoms with van der Waals surface area (Å²) in [5, 5.41) is 24.7. The van der Waals surface area contributed by atoms with E-state index in [9.17, 15) is 29.4 Å². The summed E-state index contributed by atoms with van der Waals surface area (Å²) in [6.45, 7) is 2.10. The second kappa shape index (κ2) is 18.9. The first-order valence-electron chi connectivity index (χ1n) is 13.9. The number of H-pyrrole nitrogens is 1. The molecule has 0 aromatic carbocycles. The zero-order chi connectivity index (χ0) is 30.1. The Bertz CT molecular complexity index is 1510. The molecule has 3 aromatic rings. The molecule has 1 unspecified atom stereocenters. The Labute approximate surface area is 271 Å². The number of pyridine rings is 2. The van der Waals surface area contributed by atoms with Crippen LogP contribution in [-0.4, -0.2) is 78.9 Å². The number of carbonyl (C=O) groups excluding carboxylic acids is 2. The molecule has 45 heavy (non-hydrogen) atoms. The van der Waals surface area contributed by atoms with E-state index in [1.165, 1.54) is 6.20 Å². The van der Waals surface area contributed by atoms with Crippen molar-refractivity contribution in [1.82, 2.24) is 30.2 Å². The number of ether oxygens (including phenoxy) is 1. The maximum atomic E-state index is 12.3. The minimum atomic E-state index is -0.940. The first kappa shape index (κ1) is 39.3. The number of nitrogens with zero attached hydrogens (tertiary/aromatic N) is 3. The molecule has 3 aromatic heterocycles. The molecule has 14 nitrogen and oxygen atoms in total. The normalized spacial score (nSPS) is 16.9. The number of carbonyl (C=O) groups is 2. The van der Waals surface area contributed by atoms with Gasteiger partial charge in [-0.25, -0.2) is 4.79 Å². The Morgan fingerprint density at radius 3 is 2.33 bits per heavy atom. The van der Waals surface area contributed by atoms with E-state index < -0.39 is 36.3 Å². The van der Waals surface area contributed by atoms with Crippen LogP contribution in [0.1, 0.15) is 48.6 Å². The third kappa shape index (κ3) is 11.3. The number of aliphatic hydroxyl groups is 2. The molecule has 1 aliphatic rings. The van der Waals surface area contributed by atoms with Crippen LogP contribution in [0.5, 0.6) is 0 Å². The second-order valence-corrected chi connectivity index (χ2v) is 10.3. The molecule has 3 atom stereocenters. The van der Waals surface area contributed by atoms with Crippen LogP contribution >= 0.6 is 0 Å². The molecule has 2 amide bonds. The van der Waals surface area contributed by atoms with Crippen molar-refractivity contribution < 1.29 is 47.1 Å². The van der Waals surface area contributed by atoms with Gasteiger partial charge in [-0.05, 0) is 61.6 Å². The van der Waals surface area contributed by atoms with Crippen LogP contribution in [0.4, 0.5) is 0 Å². The summed E-state index contributed by atoms with van der Waals surface area (Å²) in [7, 11) is 0. The number of hydrogen-bond acceptors (Lipinski definition) is 9. The molecule has 0 spiro atoms. The van der Waals surface area contributed by atoms with Crippen molar-refractivity contribution in [3.63, 3.8) is 0 Å². The molecular weight excluding hydrogens is 636 g/mol. The van der Waals surface area contributed by atoms with Gasteiger partial charge in [0.25, 0.3) is 5.56 Å². The van der Waals surface area contributed by atoms with Crippen molar-refractivity contribution in [2.45, 2.75) is 63.9 Å². The fraction of sp³-hybridized carbons (Fsp3) is 0.433. The van der Waals surface area contributed by atoms with Gasteiger partial charge in [0.15, 0.2) is 0 Å². The Morgan fingerprint density at radius 1 is 1.04 bits per heavy atom. The van der Waals surface area contributed by atoms with Crippen molar-refractivity contribution in [3.05, 3.63) is 87.8 Å². The molecule has 1 fully saturated rings. The maximum absolute atomic E-state index is 12.3. The largest absolute Gasteiger partial charge is 1.00 e. The van der Waals surface area contributed by atoms with Crippen LogP contribution in [0.15, 0.2) is 52.4 Å². The molecule has 250 valence electrons. The number of rotatable bonds is 13. The molecule has 0 radical (unpaired) electrons. The number of nitrogens with one attached hydrogen (secondary N) is 3. The van der Waals surface area contributed by atoms with Gasteiger partial charge in [-0.2, -0.15) is 0 Å². The van der Waals surface area contributed by atoms with Gasteiger partial charge in [0.2, 0.25) is 11.8 Å². The van der Waals surface area contributed by atoms with Crippen molar-refractivity contribution in [1.29, 1.82) is 0 Å². The van der Waals surface area contributed by atoms with Gasteiger partial charge in [0.05, 0.1) is 24.1 Å². The number of aryl methyl sites for hydroxylation is 3. The summed E-state index contributed by atoms with van der Waals surface area (Å²) < 4.78 is 6.64. The molecule has 1 saturated heterocycles. The predicted octanol–water partition coefficient (Wildman–Crippen LogP) is -0.246. The Balaban J connectivity index is 0.00000337. The molecule has 4 rings (SSSR count). The Hall–Kier alpha value is -3.72. The molecule has 0 saturated carbocycles. The van der Waals surface area contributed by atoms with Crippen LogP contribution in [0.2, 0.25) is 0 Å². The Morgan fingerprint density at radius 2 is 1.69 bits per heavy atom. The van der Waals surface area contributed by atoms with E-state index in [0.717, 1.165) is 27.1 Å². The summed E-state index contributed by atoms with van der Waals surface area (Å²) in [6, 6.07) is 7.82. The summed E-state index contributed by atoms with van der Waals surface area (Å²) in [6.07, 6.45) is 4.08. The first-order chi connectivity index (χ1) is 20.2. The zero-order valence-corrected chi connectivity index (χ0v) is 26.2. The van der Waals surface area contributed by atoms with E-state index in [2.05, 4.69) is 25.6 Å². The summed E-state index contributed by atoms with van der Waals surface area (Å²) in [4.78, 5) is 59.9. The first-order valence-corrected chi connectivity index (χ1v) is 13.9. The summed E-state index contributed by atoms with van der Waals surface area (Å²) in [5.41, 5.74) is 2.67. The van der Waals surface area contributed by atoms with Crippen LogP contribution in [0.3, 0.4) is 0 Å². The van der Waals surface area contributed by atoms with Crippen LogP contribution in [0, 0.1) is 14.4 Å². The monoisotopic (exact) mass is 676 g/mol. The molecule has 4 heterocycles. The van der Waals surface area contributed by atoms with Crippen molar-refractivity contribution in [2.75, 3.05) is 19.7 Å². The van der Waals surface area contributed by atoms with E-state index in [1.54, 1.807) is 12.4 Å². The minimum Gasteiger partial charge on any atom is -0.412 e. The van der Waals surface area contributed by atoms with E-state index in [4.69, 9.17) is 4.74 Å². The summed E-state index contributed by atoms with van der Waals surface area (Å²) >= 11 is 0. The van der Waals surface area contributed by atoms with Crippen LogP contribution in [0.25, 0.3) is 11.4 Å². The fourth-order valence-corrected chi connectivity index (χ4v) is 4.70. The standard InChI is InChI=1S/C29H36N6O7.CH3.Cu.H2O/c1-18-7-9-30-21(13-18)22-14-19(8-10-31-22)3-2-4-25(38)32-11-12-33-26(39)6-5-20-16-35(29(41)34-28(20)40)27-15-23(37)24(17-36)42-27;;;/h7-10,13-14,16,23-24,27,36-37H,2-6,11-12,15,17H2,1H3,(H,32,38)(H,33,39)(H,34,40,41);1H3;;1H2/q;-1;+1;/t23?,24-,27-;;;/m1.../s1. The second-order valence-electron chi connectivity index (χ2n) is 10.3. The van der Waals surface area contributed by atoms with Gasteiger partial charge in [0.1, 0.15) is 12.3 Å². The average molecular weight is 677 g/mol. The predicted molar refractivity (Wildman–Crippen MR) is 162 cm³/mol. The van der Waals surface area contributed by atoms with E-state index in [-0.39, 0.29) is 79.7 Å². The zero-order valence-electron chi connectivity index (χ0n) is 25.2. The fourth-order valence-electron chi connectivity index (χ4n) is 4.70. The van der Waals surface area contributed by atoms with E-state index >= 15 is 0 Å². The van der Waals surface area contributed by atoms with Crippen LogP contribution in [-0.2, 0) is 44.2 Å². The van der Waals surface area contributed by atoms with Crippen molar-refractivity contribution in [3.8, 4) is 11.4 Å². The number of amides is 2. The third-order valence-corrected chi connectivity index (χ3v) is 7.00. The number of aromatic amines is 1. The van der Waals surface area contributed by atoms with E-state index in [1.807, 2.05) is 31.2 Å². The smallest absolute Gasteiger partial charge is 0.412 e. The number of aliphatic hydroxyl groups excluding tert-OH is 2. The Kier molecular flexibility index (Phi) is 16.5.